The molecule has 3 aromatic carbocycles. The minimum atomic E-state index is -0.723. The number of carbonyl (C=O) groups excluding carboxylic acids is 3. The Balaban J connectivity index is 1.68. The second kappa shape index (κ2) is 9.37. The van der Waals surface area contributed by atoms with Crippen LogP contribution in [0.4, 0.5) is 5.69 Å². The van der Waals surface area contributed by atoms with E-state index in [0.29, 0.717) is 21.2 Å². The van der Waals surface area contributed by atoms with Crippen LogP contribution in [0, 0.1) is 0 Å². The Morgan fingerprint density at radius 1 is 0.759 bits per heavy atom. The van der Waals surface area contributed by atoms with Crippen molar-refractivity contribution in [1.82, 2.24) is 0 Å². The highest BCUT2D eigenvalue weighted by molar-refractivity contribution is 6.31. The molecule has 0 aliphatic heterocycles. The fourth-order valence-corrected chi connectivity index (χ4v) is 2.75. The summed E-state index contributed by atoms with van der Waals surface area (Å²) >= 11 is 11.6. The summed E-state index contributed by atoms with van der Waals surface area (Å²) in [5.41, 5.74) is 1.18. The molecule has 0 bridgehead atoms. The number of ketones is 1. The van der Waals surface area contributed by atoms with Crippen LogP contribution in [0.3, 0.4) is 0 Å². The summed E-state index contributed by atoms with van der Waals surface area (Å²) in [6, 6.07) is 19.0. The SMILES string of the molecule is O=C(COC(=O)c1ccccc1NC(=O)c1ccc(Cl)cc1)c1ccc(Cl)cc1. The molecule has 0 aromatic heterocycles. The zero-order valence-electron chi connectivity index (χ0n) is 15.0. The summed E-state index contributed by atoms with van der Waals surface area (Å²) in [5, 5.41) is 3.68. The lowest BCUT2D eigenvalue weighted by atomic mass is 10.1. The Labute approximate surface area is 177 Å². The summed E-state index contributed by atoms with van der Waals surface area (Å²) < 4.78 is 5.13. The second-order valence-electron chi connectivity index (χ2n) is 6.01. The van der Waals surface area contributed by atoms with Crippen LogP contribution in [0.25, 0.3) is 0 Å². The molecule has 0 radical (unpaired) electrons. The van der Waals surface area contributed by atoms with Gasteiger partial charge < -0.3 is 10.1 Å². The number of carbonyl (C=O) groups is 3. The first kappa shape index (κ1) is 20.6. The Morgan fingerprint density at radius 2 is 1.31 bits per heavy atom. The molecular weight excluding hydrogens is 413 g/mol. The van der Waals surface area contributed by atoms with Crippen LogP contribution in [0.1, 0.15) is 31.1 Å². The van der Waals surface area contributed by atoms with Gasteiger partial charge in [-0.15, -0.1) is 0 Å². The van der Waals surface area contributed by atoms with Crippen molar-refractivity contribution in [3.8, 4) is 0 Å². The predicted molar refractivity (Wildman–Crippen MR) is 112 cm³/mol. The van der Waals surface area contributed by atoms with Gasteiger partial charge in [-0.1, -0.05) is 35.3 Å². The number of nitrogens with one attached hydrogen (secondary N) is 1. The molecule has 0 unspecified atom stereocenters. The lowest BCUT2D eigenvalue weighted by Crippen LogP contribution is -2.18. The fraction of sp³-hybridized carbons (Fsp3) is 0.0455. The topological polar surface area (TPSA) is 72.5 Å². The van der Waals surface area contributed by atoms with Crippen LogP contribution in [0.2, 0.25) is 10.0 Å². The molecule has 3 rings (SSSR count). The third kappa shape index (κ3) is 5.44. The van der Waals surface area contributed by atoms with Crippen LogP contribution in [0.15, 0.2) is 72.8 Å². The third-order valence-corrected chi connectivity index (χ3v) is 4.51. The highest BCUT2D eigenvalue weighted by Crippen LogP contribution is 2.19. The first-order valence-electron chi connectivity index (χ1n) is 8.56. The number of rotatable bonds is 6. The Morgan fingerprint density at radius 3 is 1.93 bits per heavy atom. The van der Waals surface area contributed by atoms with E-state index in [9.17, 15) is 14.4 Å². The zero-order chi connectivity index (χ0) is 20.8. The molecule has 0 aliphatic rings. The maximum atomic E-state index is 12.5. The van der Waals surface area contributed by atoms with Gasteiger partial charge in [-0.05, 0) is 60.7 Å². The van der Waals surface area contributed by atoms with Gasteiger partial charge in [-0.2, -0.15) is 0 Å². The average molecular weight is 428 g/mol. The number of ether oxygens (including phenoxy) is 1. The van der Waals surface area contributed by atoms with Gasteiger partial charge in [-0.3, -0.25) is 9.59 Å². The van der Waals surface area contributed by atoms with Crippen LogP contribution in [-0.2, 0) is 4.74 Å². The van der Waals surface area contributed by atoms with Gasteiger partial charge in [0.1, 0.15) is 0 Å². The molecular formula is C22H15Cl2NO4. The number of para-hydroxylation sites is 1. The van der Waals surface area contributed by atoms with E-state index in [1.165, 1.54) is 6.07 Å². The first-order chi connectivity index (χ1) is 13.9. The molecule has 146 valence electrons. The number of hydrogen-bond acceptors (Lipinski definition) is 4. The predicted octanol–water partition coefficient (Wildman–Crippen LogP) is 5.29. The summed E-state index contributed by atoms with van der Waals surface area (Å²) in [6.07, 6.45) is 0. The first-order valence-corrected chi connectivity index (χ1v) is 9.31. The van der Waals surface area contributed by atoms with E-state index in [4.69, 9.17) is 27.9 Å². The zero-order valence-corrected chi connectivity index (χ0v) is 16.5. The maximum absolute atomic E-state index is 12.5. The van der Waals surface area contributed by atoms with Crippen molar-refractivity contribution in [2.75, 3.05) is 11.9 Å². The summed E-state index contributed by atoms with van der Waals surface area (Å²) in [7, 11) is 0. The molecule has 0 fully saturated rings. The fourth-order valence-electron chi connectivity index (χ4n) is 2.49. The largest absolute Gasteiger partial charge is 0.454 e. The Hall–Kier alpha value is -3.15. The molecule has 0 saturated heterocycles. The average Bonchev–Trinajstić information content (AvgIpc) is 2.73. The molecule has 7 heteroatoms. The van der Waals surface area contributed by atoms with Crippen LogP contribution < -0.4 is 5.32 Å². The van der Waals surface area contributed by atoms with Crippen molar-refractivity contribution in [1.29, 1.82) is 0 Å². The summed E-state index contributed by atoms with van der Waals surface area (Å²) in [5.74, 6) is -1.49. The molecule has 0 spiro atoms. The van der Waals surface area contributed by atoms with E-state index in [1.807, 2.05) is 0 Å². The second-order valence-corrected chi connectivity index (χ2v) is 6.89. The smallest absolute Gasteiger partial charge is 0.340 e. The number of esters is 1. The van der Waals surface area contributed by atoms with Gasteiger partial charge in [0, 0.05) is 21.2 Å². The van der Waals surface area contributed by atoms with Gasteiger partial charge >= 0.3 is 5.97 Å². The van der Waals surface area contributed by atoms with Gasteiger partial charge in [0.05, 0.1) is 11.3 Å². The Kier molecular flexibility index (Phi) is 6.65. The summed E-state index contributed by atoms with van der Waals surface area (Å²) in [4.78, 5) is 37.0. The minimum absolute atomic E-state index is 0.138. The molecule has 0 aliphatic carbocycles. The van der Waals surface area contributed by atoms with Gasteiger partial charge in [0.25, 0.3) is 5.91 Å². The number of benzene rings is 3. The molecule has 3 aromatic rings. The van der Waals surface area contributed by atoms with Crippen molar-refractivity contribution < 1.29 is 19.1 Å². The number of Topliss-reactive ketones (excluding diaryl/α,β-unsaturated/α-hetero) is 1. The van der Waals surface area contributed by atoms with E-state index < -0.39 is 18.5 Å². The van der Waals surface area contributed by atoms with E-state index in [1.54, 1.807) is 66.7 Å². The van der Waals surface area contributed by atoms with E-state index in [-0.39, 0.29) is 17.0 Å². The van der Waals surface area contributed by atoms with Crippen LogP contribution in [0.5, 0.6) is 0 Å². The third-order valence-electron chi connectivity index (χ3n) is 4.00. The van der Waals surface area contributed by atoms with Gasteiger partial charge in [0.2, 0.25) is 0 Å². The van der Waals surface area contributed by atoms with Crippen LogP contribution >= 0.6 is 23.2 Å². The monoisotopic (exact) mass is 427 g/mol. The number of amides is 1. The van der Waals surface area contributed by atoms with Crippen molar-refractivity contribution in [2.24, 2.45) is 0 Å². The Bertz CT molecular complexity index is 1050. The van der Waals surface area contributed by atoms with Crippen LogP contribution in [-0.4, -0.2) is 24.3 Å². The minimum Gasteiger partial charge on any atom is -0.454 e. The highest BCUT2D eigenvalue weighted by Gasteiger charge is 2.17. The molecule has 29 heavy (non-hydrogen) atoms. The van der Waals surface area contributed by atoms with Crippen molar-refractivity contribution in [3.05, 3.63) is 99.5 Å². The molecule has 0 saturated carbocycles. The lowest BCUT2D eigenvalue weighted by Gasteiger charge is -2.11. The normalized spacial score (nSPS) is 10.3. The lowest BCUT2D eigenvalue weighted by molar-refractivity contribution is 0.0475. The van der Waals surface area contributed by atoms with Crippen molar-refractivity contribution >= 4 is 46.5 Å². The maximum Gasteiger partial charge on any atom is 0.340 e. The highest BCUT2D eigenvalue weighted by atomic mass is 35.5. The standard InChI is InChI=1S/C22H15Cl2NO4/c23-16-9-5-14(6-10-16)20(26)13-29-22(28)18-3-1-2-4-19(18)25-21(27)15-7-11-17(24)12-8-15/h1-12H,13H2,(H,25,27). The molecule has 1 N–H and O–H groups in total. The van der Waals surface area contributed by atoms with Gasteiger partial charge in [-0.25, -0.2) is 4.79 Å². The van der Waals surface area contributed by atoms with Gasteiger partial charge in [0.15, 0.2) is 12.4 Å². The number of hydrogen-bond donors (Lipinski definition) is 1. The van der Waals surface area contributed by atoms with Crippen molar-refractivity contribution in [3.63, 3.8) is 0 Å². The quantitative estimate of drug-likeness (QED) is 0.428. The molecule has 0 heterocycles. The summed E-state index contributed by atoms with van der Waals surface area (Å²) in [6.45, 7) is -0.431. The van der Waals surface area contributed by atoms with E-state index >= 15 is 0 Å². The van der Waals surface area contributed by atoms with E-state index in [2.05, 4.69) is 5.32 Å². The van der Waals surface area contributed by atoms with Crippen molar-refractivity contribution in [2.45, 2.75) is 0 Å². The van der Waals surface area contributed by atoms with E-state index in [0.717, 1.165) is 0 Å². The number of anilines is 1. The number of halogens is 2. The molecule has 1 amide bonds. The molecule has 0 atom stereocenters. The molecule has 5 nitrogen and oxygen atoms in total.